The van der Waals surface area contributed by atoms with Crippen molar-refractivity contribution in [2.45, 2.75) is 26.3 Å². The summed E-state index contributed by atoms with van der Waals surface area (Å²) in [7, 11) is 2.07. The first kappa shape index (κ1) is 18.5. The van der Waals surface area contributed by atoms with Crippen molar-refractivity contribution in [3.05, 3.63) is 18.3 Å². The fraction of sp³-hybridized carbons (Fsp3) is 0.647. The van der Waals surface area contributed by atoms with Crippen LogP contribution in [0.25, 0.3) is 0 Å². The van der Waals surface area contributed by atoms with Gasteiger partial charge in [0.05, 0.1) is 25.1 Å². The van der Waals surface area contributed by atoms with Crippen molar-refractivity contribution in [2.24, 2.45) is 0 Å². The van der Waals surface area contributed by atoms with E-state index in [0.717, 1.165) is 45.0 Å². The van der Waals surface area contributed by atoms with E-state index in [9.17, 15) is 4.79 Å². The molecule has 2 rings (SSSR count). The van der Waals surface area contributed by atoms with Crippen LogP contribution in [-0.2, 0) is 4.74 Å². The zero-order valence-corrected chi connectivity index (χ0v) is 14.9. The zero-order valence-electron chi connectivity index (χ0n) is 14.9. The lowest BCUT2D eigenvalue weighted by molar-refractivity contribution is 0.122. The molecule has 2 amide bonds. The minimum absolute atomic E-state index is 0.223. The van der Waals surface area contributed by atoms with Crippen LogP contribution in [0.3, 0.4) is 0 Å². The van der Waals surface area contributed by atoms with E-state index in [1.165, 1.54) is 0 Å². The average Bonchev–Trinajstić information content (AvgIpc) is 2.62. The van der Waals surface area contributed by atoms with Crippen LogP contribution in [-0.4, -0.2) is 68.4 Å². The molecule has 1 aliphatic rings. The second-order valence-corrected chi connectivity index (χ2v) is 6.12. The molecule has 1 atom stereocenters. The average molecular weight is 335 g/mol. The van der Waals surface area contributed by atoms with Crippen LogP contribution < -0.4 is 15.5 Å². The Hall–Kier alpha value is -1.86. The molecular formula is C17H29N5O2. The number of rotatable bonds is 7. The van der Waals surface area contributed by atoms with Gasteiger partial charge in [0.15, 0.2) is 0 Å². The zero-order chi connectivity index (χ0) is 17.4. The number of pyridine rings is 1. The lowest BCUT2D eigenvalue weighted by Gasteiger charge is -2.28. The van der Waals surface area contributed by atoms with E-state index in [1.807, 2.05) is 12.1 Å². The number of hydrogen-bond donors (Lipinski definition) is 2. The number of morpholine rings is 1. The summed E-state index contributed by atoms with van der Waals surface area (Å²) in [5.74, 6) is 0.555. The molecule has 24 heavy (non-hydrogen) atoms. The van der Waals surface area contributed by atoms with Gasteiger partial charge >= 0.3 is 6.03 Å². The first-order chi connectivity index (χ1) is 11.6. The third kappa shape index (κ3) is 5.65. The SMILES string of the molecule is CC[C@H](C)N(C)CCNC(=O)Nc1ccc(N2CCOCC2)cn1. The fourth-order valence-corrected chi connectivity index (χ4v) is 2.51. The number of carbonyl (C=O) groups is 1. The van der Waals surface area contributed by atoms with Gasteiger partial charge in [0.2, 0.25) is 0 Å². The van der Waals surface area contributed by atoms with Gasteiger partial charge in [-0.3, -0.25) is 5.32 Å². The number of nitrogens with zero attached hydrogens (tertiary/aromatic N) is 3. The lowest BCUT2D eigenvalue weighted by atomic mass is 10.2. The number of amides is 2. The van der Waals surface area contributed by atoms with Crippen LogP contribution in [0.1, 0.15) is 20.3 Å². The maximum atomic E-state index is 11.9. The molecule has 7 heteroatoms. The van der Waals surface area contributed by atoms with Gasteiger partial charge in [-0.05, 0) is 32.5 Å². The van der Waals surface area contributed by atoms with Gasteiger partial charge in [-0.1, -0.05) is 6.92 Å². The number of likely N-dealkylation sites (N-methyl/N-ethyl adjacent to an activating group) is 1. The van der Waals surface area contributed by atoms with Crippen molar-refractivity contribution in [3.63, 3.8) is 0 Å². The summed E-state index contributed by atoms with van der Waals surface area (Å²) in [5, 5.41) is 5.63. The molecule has 0 spiro atoms. The largest absolute Gasteiger partial charge is 0.378 e. The van der Waals surface area contributed by atoms with E-state index >= 15 is 0 Å². The number of nitrogens with one attached hydrogen (secondary N) is 2. The Morgan fingerprint density at radius 2 is 2.17 bits per heavy atom. The molecule has 1 saturated heterocycles. The van der Waals surface area contributed by atoms with Gasteiger partial charge in [0, 0.05) is 32.2 Å². The van der Waals surface area contributed by atoms with E-state index in [4.69, 9.17) is 4.74 Å². The predicted octanol–water partition coefficient (Wildman–Crippen LogP) is 1.77. The molecule has 0 saturated carbocycles. The third-order valence-electron chi connectivity index (χ3n) is 4.46. The number of aromatic nitrogens is 1. The third-order valence-corrected chi connectivity index (χ3v) is 4.46. The van der Waals surface area contributed by atoms with E-state index in [2.05, 4.69) is 46.3 Å². The van der Waals surface area contributed by atoms with Crippen LogP contribution in [0.5, 0.6) is 0 Å². The molecule has 134 valence electrons. The van der Waals surface area contributed by atoms with Crippen LogP contribution in [0.4, 0.5) is 16.3 Å². The van der Waals surface area contributed by atoms with Crippen molar-refractivity contribution < 1.29 is 9.53 Å². The number of urea groups is 1. The minimum Gasteiger partial charge on any atom is -0.378 e. The highest BCUT2D eigenvalue weighted by Crippen LogP contribution is 2.16. The van der Waals surface area contributed by atoms with Crippen molar-refractivity contribution in [1.82, 2.24) is 15.2 Å². The van der Waals surface area contributed by atoms with Gasteiger partial charge in [-0.25, -0.2) is 9.78 Å². The first-order valence-corrected chi connectivity index (χ1v) is 8.64. The van der Waals surface area contributed by atoms with E-state index in [1.54, 1.807) is 6.20 Å². The summed E-state index contributed by atoms with van der Waals surface area (Å²) < 4.78 is 5.34. The fourth-order valence-electron chi connectivity index (χ4n) is 2.51. The standard InChI is InChI=1S/C17H29N5O2/c1-4-14(2)21(3)8-7-18-17(23)20-16-6-5-15(13-19-16)22-9-11-24-12-10-22/h5-6,13-14H,4,7-12H2,1-3H3,(H2,18,19,20,23)/t14-/m0/s1. The van der Waals surface area contributed by atoms with Crippen molar-refractivity contribution in [2.75, 3.05) is 56.7 Å². The Morgan fingerprint density at radius 1 is 1.42 bits per heavy atom. The summed E-state index contributed by atoms with van der Waals surface area (Å²) in [5.41, 5.74) is 1.06. The highest BCUT2D eigenvalue weighted by molar-refractivity contribution is 5.88. The van der Waals surface area contributed by atoms with E-state index in [-0.39, 0.29) is 6.03 Å². The molecule has 1 aromatic rings. The Bertz CT molecular complexity index is 502. The number of carbonyl (C=O) groups excluding carboxylic acids is 1. The highest BCUT2D eigenvalue weighted by Gasteiger charge is 2.12. The Morgan fingerprint density at radius 3 is 2.79 bits per heavy atom. The van der Waals surface area contributed by atoms with E-state index in [0.29, 0.717) is 18.4 Å². The molecular weight excluding hydrogens is 306 g/mol. The molecule has 2 N–H and O–H groups in total. The molecule has 0 radical (unpaired) electrons. The number of anilines is 2. The molecule has 0 unspecified atom stereocenters. The van der Waals surface area contributed by atoms with Crippen LogP contribution in [0.2, 0.25) is 0 Å². The van der Waals surface area contributed by atoms with Gasteiger partial charge in [0.1, 0.15) is 5.82 Å². The number of ether oxygens (including phenoxy) is 1. The molecule has 7 nitrogen and oxygen atoms in total. The normalized spacial score (nSPS) is 16.1. The lowest BCUT2D eigenvalue weighted by Crippen LogP contribution is -2.38. The van der Waals surface area contributed by atoms with Crippen LogP contribution in [0, 0.1) is 0 Å². The molecule has 1 fully saturated rings. The highest BCUT2D eigenvalue weighted by atomic mass is 16.5. The van der Waals surface area contributed by atoms with Gasteiger partial charge in [-0.2, -0.15) is 0 Å². The van der Waals surface area contributed by atoms with Crippen molar-refractivity contribution in [1.29, 1.82) is 0 Å². The Kier molecular flexibility index (Phi) is 7.27. The van der Waals surface area contributed by atoms with Crippen molar-refractivity contribution >= 4 is 17.5 Å². The number of hydrogen-bond acceptors (Lipinski definition) is 5. The summed E-state index contributed by atoms with van der Waals surface area (Å²) in [6, 6.07) is 4.10. The van der Waals surface area contributed by atoms with Crippen LogP contribution >= 0.6 is 0 Å². The van der Waals surface area contributed by atoms with Crippen LogP contribution in [0.15, 0.2) is 18.3 Å². The van der Waals surface area contributed by atoms with E-state index < -0.39 is 0 Å². The second kappa shape index (κ2) is 9.44. The Balaban J connectivity index is 1.73. The monoisotopic (exact) mass is 335 g/mol. The van der Waals surface area contributed by atoms with Gasteiger partial charge < -0.3 is 19.9 Å². The molecule has 1 aliphatic heterocycles. The molecule has 0 bridgehead atoms. The minimum atomic E-state index is -0.223. The summed E-state index contributed by atoms with van der Waals surface area (Å²) >= 11 is 0. The van der Waals surface area contributed by atoms with Gasteiger partial charge in [-0.15, -0.1) is 0 Å². The Labute approximate surface area is 144 Å². The quantitative estimate of drug-likeness (QED) is 0.795. The molecule has 2 heterocycles. The maximum absolute atomic E-state index is 11.9. The maximum Gasteiger partial charge on any atom is 0.320 e. The molecule has 1 aromatic heterocycles. The predicted molar refractivity (Wildman–Crippen MR) is 96.7 cm³/mol. The topological polar surface area (TPSA) is 69.7 Å². The summed E-state index contributed by atoms with van der Waals surface area (Å²) in [6.45, 7) is 9.01. The first-order valence-electron chi connectivity index (χ1n) is 8.64. The molecule has 0 aliphatic carbocycles. The summed E-state index contributed by atoms with van der Waals surface area (Å²) in [4.78, 5) is 20.7. The smallest absolute Gasteiger partial charge is 0.320 e. The van der Waals surface area contributed by atoms with Crippen molar-refractivity contribution in [3.8, 4) is 0 Å². The molecule has 0 aromatic carbocycles. The van der Waals surface area contributed by atoms with Gasteiger partial charge in [0.25, 0.3) is 0 Å². The second-order valence-electron chi connectivity index (χ2n) is 6.12. The summed E-state index contributed by atoms with van der Waals surface area (Å²) in [6.07, 6.45) is 2.89.